The molecule has 2 aromatic carbocycles. The van der Waals surface area contributed by atoms with Gasteiger partial charge >= 0.3 is 0 Å². The lowest BCUT2D eigenvalue weighted by atomic mass is 10.1. The summed E-state index contributed by atoms with van der Waals surface area (Å²) in [6.45, 7) is 7.85. The predicted octanol–water partition coefficient (Wildman–Crippen LogP) is 6.56. The van der Waals surface area contributed by atoms with E-state index in [4.69, 9.17) is 4.74 Å². The fourth-order valence-electron chi connectivity index (χ4n) is 5.10. The summed E-state index contributed by atoms with van der Waals surface area (Å²) in [6.07, 6.45) is 18.0. The number of carbonyl (C=O) groups excluding carboxylic acids is 1. The number of unbranched alkanes of at least 4 members (excludes halogenated alkanes) is 11. The van der Waals surface area contributed by atoms with E-state index in [0.717, 1.165) is 30.6 Å². The third kappa shape index (κ3) is 12.9. The summed E-state index contributed by atoms with van der Waals surface area (Å²) in [6, 6.07) is 13.1. The van der Waals surface area contributed by atoms with Crippen molar-refractivity contribution >= 4 is 22.9 Å². The first-order chi connectivity index (χ1) is 20.0. The van der Waals surface area contributed by atoms with Crippen molar-refractivity contribution in [2.45, 2.75) is 117 Å². The van der Waals surface area contributed by atoms with Crippen molar-refractivity contribution in [2.24, 2.45) is 0 Å². The summed E-state index contributed by atoms with van der Waals surface area (Å²) in [4.78, 5) is 15.8. The molecule has 0 aliphatic rings. The van der Waals surface area contributed by atoms with Gasteiger partial charge in [0.2, 0.25) is 11.4 Å². The van der Waals surface area contributed by atoms with Gasteiger partial charge in [0, 0.05) is 17.7 Å². The average molecular weight is 662 g/mol. The van der Waals surface area contributed by atoms with E-state index in [1.54, 1.807) is 22.3 Å². The number of amides is 1. The van der Waals surface area contributed by atoms with E-state index in [-0.39, 0.29) is 34.5 Å². The monoisotopic (exact) mass is 660 g/mol. The highest BCUT2D eigenvalue weighted by atomic mass is 79.9. The van der Waals surface area contributed by atoms with Crippen molar-refractivity contribution in [2.75, 3.05) is 11.5 Å². The van der Waals surface area contributed by atoms with Crippen LogP contribution in [0.25, 0.3) is 0 Å². The Hall–Kier alpha value is -2.25. The molecule has 232 valence electrons. The molecule has 7 heteroatoms. The van der Waals surface area contributed by atoms with Crippen LogP contribution >= 0.6 is 11.3 Å². The molecule has 0 bridgehead atoms. The van der Waals surface area contributed by atoms with Gasteiger partial charge < -0.3 is 26.6 Å². The molecule has 0 radical (unpaired) electrons. The van der Waals surface area contributed by atoms with Gasteiger partial charge in [-0.25, -0.2) is 4.39 Å². The second-order valence-electron chi connectivity index (χ2n) is 11.1. The highest BCUT2D eigenvalue weighted by molar-refractivity contribution is 7.09. The Kier molecular flexibility index (Phi) is 17.6. The predicted molar refractivity (Wildman–Crippen MR) is 169 cm³/mol. The number of aryl methyl sites for hydroxylation is 1. The van der Waals surface area contributed by atoms with Crippen LogP contribution in [0.4, 0.5) is 10.1 Å². The molecule has 0 spiro atoms. The highest BCUT2D eigenvalue weighted by Crippen LogP contribution is 2.24. The molecule has 1 amide bonds. The van der Waals surface area contributed by atoms with Gasteiger partial charge in [0.05, 0.1) is 18.0 Å². The number of rotatable bonds is 20. The van der Waals surface area contributed by atoms with E-state index in [2.05, 4.69) is 42.3 Å². The lowest BCUT2D eigenvalue weighted by molar-refractivity contribution is -0.683. The minimum Gasteiger partial charge on any atom is -1.00 e. The zero-order chi connectivity index (χ0) is 29.3. The van der Waals surface area contributed by atoms with Crippen LogP contribution in [0.2, 0.25) is 0 Å². The van der Waals surface area contributed by atoms with Crippen molar-refractivity contribution < 1.29 is 35.5 Å². The van der Waals surface area contributed by atoms with E-state index in [1.807, 2.05) is 25.1 Å². The van der Waals surface area contributed by atoms with Crippen molar-refractivity contribution in [1.29, 1.82) is 0 Å². The second-order valence-corrected chi connectivity index (χ2v) is 12.2. The van der Waals surface area contributed by atoms with E-state index in [9.17, 15) is 9.18 Å². The molecular formula is C35H50BrFN2O2S. The molecule has 3 rings (SSSR count). The van der Waals surface area contributed by atoms with Crippen LogP contribution in [0.5, 0.6) is 5.75 Å². The number of hydrogen-bond acceptors (Lipinski definition) is 3. The van der Waals surface area contributed by atoms with Gasteiger partial charge in [-0.15, -0.1) is 0 Å². The topological polar surface area (TPSA) is 33.4 Å². The van der Waals surface area contributed by atoms with Crippen LogP contribution in [-0.4, -0.2) is 12.5 Å². The van der Waals surface area contributed by atoms with E-state index < -0.39 is 0 Å². The number of ether oxygens (including phenoxy) is 1. The van der Waals surface area contributed by atoms with Gasteiger partial charge in [-0.1, -0.05) is 114 Å². The molecule has 1 aromatic heterocycles. The van der Waals surface area contributed by atoms with E-state index >= 15 is 0 Å². The number of halogens is 2. The molecule has 3 aromatic rings. The zero-order valence-corrected chi connectivity index (χ0v) is 28.3. The zero-order valence-electron chi connectivity index (χ0n) is 25.9. The molecule has 0 saturated carbocycles. The van der Waals surface area contributed by atoms with Crippen molar-refractivity contribution in [1.82, 2.24) is 0 Å². The Labute approximate surface area is 268 Å². The molecule has 0 N–H and O–H groups in total. The quantitative estimate of drug-likeness (QED) is 0.102. The smallest absolute Gasteiger partial charge is 0.227 e. The Balaban J connectivity index is 0.00000616. The van der Waals surface area contributed by atoms with Crippen molar-refractivity contribution in [3.63, 3.8) is 0 Å². The minimum atomic E-state index is -0.372. The molecule has 0 aliphatic carbocycles. The summed E-state index contributed by atoms with van der Waals surface area (Å²) in [5.74, 6) is -0.0761. The van der Waals surface area contributed by atoms with Crippen LogP contribution in [0.3, 0.4) is 0 Å². The first kappa shape index (κ1) is 35.9. The number of hydrogen-bond donors (Lipinski definition) is 0. The number of thiazole rings is 1. The minimum absolute atomic E-state index is 0. The lowest BCUT2D eigenvalue weighted by Crippen LogP contribution is -3.00. The molecule has 0 saturated heterocycles. The van der Waals surface area contributed by atoms with Gasteiger partial charge in [-0.2, -0.15) is 4.57 Å². The summed E-state index contributed by atoms with van der Waals surface area (Å²) in [7, 11) is 0. The Morgan fingerprint density at radius 3 is 2.00 bits per heavy atom. The van der Waals surface area contributed by atoms with Gasteiger partial charge in [-0.3, -0.25) is 4.79 Å². The lowest BCUT2D eigenvalue weighted by Gasteiger charge is -2.23. The maximum absolute atomic E-state index is 14.9. The number of benzene rings is 2. The number of anilines is 1. The SMILES string of the molecule is CCCCCCCCCCCCCCOc1ccc(CN(C(=O)CC)c2ccc(C[n+]3csc(C)c3)cc2)cc1F.[Br-]. The maximum atomic E-state index is 14.9. The molecule has 42 heavy (non-hydrogen) atoms. The van der Waals surface area contributed by atoms with Crippen LogP contribution in [0.15, 0.2) is 54.2 Å². The molecule has 0 aliphatic heterocycles. The molecule has 4 nitrogen and oxygen atoms in total. The Morgan fingerprint density at radius 1 is 0.857 bits per heavy atom. The van der Waals surface area contributed by atoms with Crippen molar-refractivity contribution in [3.8, 4) is 5.75 Å². The summed E-state index contributed by atoms with van der Waals surface area (Å²) in [5, 5.41) is 0. The third-order valence-electron chi connectivity index (χ3n) is 7.53. The normalized spacial score (nSPS) is 10.9. The Morgan fingerprint density at radius 2 is 1.45 bits per heavy atom. The first-order valence-corrected chi connectivity index (χ1v) is 16.6. The number of nitrogens with zero attached hydrogens (tertiary/aromatic N) is 2. The summed E-state index contributed by atoms with van der Waals surface area (Å²) in [5.41, 5.74) is 4.84. The summed E-state index contributed by atoms with van der Waals surface area (Å²) < 4.78 is 22.8. The van der Waals surface area contributed by atoms with Gasteiger partial charge in [0.25, 0.3) is 0 Å². The average Bonchev–Trinajstić information content (AvgIpc) is 3.39. The third-order valence-corrected chi connectivity index (χ3v) is 8.38. The fourth-order valence-corrected chi connectivity index (χ4v) is 5.74. The van der Waals surface area contributed by atoms with Gasteiger partial charge in [-0.05, 0) is 43.2 Å². The van der Waals surface area contributed by atoms with Crippen LogP contribution in [0, 0.1) is 12.7 Å². The molecule has 0 fully saturated rings. The van der Waals surface area contributed by atoms with E-state index in [1.165, 1.54) is 80.7 Å². The fraction of sp³-hybridized carbons (Fsp3) is 0.543. The van der Waals surface area contributed by atoms with Gasteiger partial charge in [0.15, 0.2) is 24.3 Å². The maximum Gasteiger partial charge on any atom is 0.227 e. The van der Waals surface area contributed by atoms with Gasteiger partial charge in [0.1, 0.15) is 0 Å². The van der Waals surface area contributed by atoms with Crippen molar-refractivity contribution in [3.05, 3.63) is 76.0 Å². The van der Waals surface area contributed by atoms with Crippen LogP contribution in [0.1, 0.15) is 113 Å². The number of carbonyl (C=O) groups is 1. The van der Waals surface area contributed by atoms with Crippen LogP contribution < -0.4 is 31.2 Å². The Bertz CT molecular complexity index is 1170. The molecular weight excluding hydrogens is 611 g/mol. The molecule has 1 heterocycles. The largest absolute Gasteiger partial charge is 1.00 e. The second kappa shape index (κ2) is 20.6. The molecule has 0 atom stereocenters. The van der Waals surface area contributed by atoms with Crippen LogP contribution in [-0.2, 0) is 17.9 Å². The summed E-state index contributed by atoms with van der Waals surface area (Å²) >= 11 is 1.72. The molecule has 0 unspecified atom stereocenters. The van der Waals surface area contributed by atoms with E-state index in [0.29, 0.717) is 19.6 Å². The first-order valence-electron chi connectivity index (χ1n) is 15.7. The standard InChI is InChI=1S/C35H50FN2O2S.BrH/c1-4-6-7-8-9-10-11-12-13-14-15-16-23-40-34-22-19-31(24-33(34)36)27-38(35(39)5-2)32-20-17-30(18-21-32)26-37-25-29(3)41-28-37;/h17-22,24-25,28H,4-16,23,26-27H2,1-3H3;1H/q+1;/p-1. The highest BCUT2D eigenvalue weighted by Gasteiger charge is 2.16. The number of aromatic nitrogens is 1.